The zero-order valence-corrected chi connectivity index (χ0v) is 11.6. The zero-order chi connectivity index (χ0) is 13.4. The molecule has 3 N–H and O–H groups in total. The maximum Gasteiger partial charge on any atom is 0.303 e. The molecule has 5 nitrogen and oxygen atoms in total. The van der Waals surface area contributed by atoms with Crippen LogP contribution >= 0.6 is 12.4 Å². The largest absolute Gasteiger partial charge is 0.494 e. The Balaban J connectivity index is 0.00000324. The first-order valence-corrected chi connectivity index (χ1v) is 5.91. The number of hydrogen-bond donors (Lipinski definition) is 3. The third-order valence-corrected chi connectivity index (χ3v) is 2.30. The second kappa shape index (κ2) is 9.22. The fraction of sp³-hybridized carbons (Fsp3) is 0.385. The summed E-state index contributed by atoms with van der Waals surface area (Å²) in [6.45, 7) is 3.04. The van der Waals surface area contributed by atoms with Gasteiger partial charge in [-0.15, -0.1) is 12.4 Å². The minimum absolute atomic E-state index is 0. The van der Waals surface area contributed by atoms with Crippen molar-refractivity contribution in [2.45, 2.75) is 19.8 Å². The van der Waals surface area contributed by atoms with Crippen LogP contribution in [-0.2, 0) is 4.79 Å². The second-order valence-corrected chi connectivity index (χ2v) is 3.78. The van der Waals surface area contributed by atoms with Crippen molar-refractivity contribution in [2.24, 2.45) is 0 Å². The minimum Gasteiger partial charge on any atom is -0.494 e. The average Bonchev–Trinajstić information content (AvgIpc) is 2.35. The molecule has 1 aromatic carbocycles. The number of carboxylic acid groups (broad SMARTS) is 1. The maximum absolute atomic E-state index is 10.3. The van der Waals surface area contributed by atoms with Gasteiger partial charge >= 0.3 is 5.97 Å². The molecule has 1 rings (SSSR count). The molecule has 0 aliphatic carbocycles. The lowest BCUT2D eigenvalue weighted by Gasteiger charge is -2.08. The number of benzene rings is 1. The summed E-state index contributed by atoms with van der Waals surface area (Å²) in [6, 6.07) is 7.17. The molecule has 0 saturated heterocycles. The standard InChI is InChI=1S/C13H18N2O3.ClH/c1-2-15-13(14)10-5-7-11(8-6-10)18-9-3-4-12(16)17;/h5-8H,2-4,9H2,1H3,(H2,14,15)(H,16,17);1H. The number of nitrogens with one attached hydrogen (secondary N) is 2. The number of ether oxygens (including phenoxy) is 1. The zero-order valence-electron chi connectivity index (χ0n) is 10.8. The fourth-order valence-electron chi connectivity index (χ4n) is 1.41. The monoisotopic (exact) mass is 286 g/mol. The number of carbonyl (C=O) groups is 1. The van der Waals surface area contributed by atoms with Crippen molar-refractivity contribution in [3.05, 3.63) is 29.8 Å². The average molecular weight is 287 g/mol. The van der Waals surface area contributed by atoms with E-state index in [0.717, 1.165) is 5.56 Å². The van der Waals surface area contributed by atoms with Gasteiger partial charge < -0.3 is 15.2 Å². The molecule has 0 saturated carbocycles. The molecule has 0 aliphatic heterocycles. The van der Waals surface area contributed by atoms with Crippen molar-refractivity contribution in [1.29, 1.82) is 5.41 Å². The van der Waals surface area contributed by atoms with Crippen molar-refractivity contribution >= 4 is 24.2 Å². The molecule has 0 unspecified atom stereocenters. The van der Waals surface area contributed by atoms with Crippen LogP contribution < -0.4 is 10.1 Å². The number of hydrogen-bond acceptors (Lipinski definition) is 3. The molecule has 0 bridgehead atoms. The van der Waals surface area contributed by atoms with Crippen molar-refractivity contribution in [3.63, 3.8) is 0 Å². The molecule has 0 heterocycles. The van der Waals surface area contributed by atoms with E-state index in [9.17, 15) is 4.79 Å². The highest BCUT2D eigenvalue weighted by atomic mass is 35.5. The van der Waals surface area contributed by atoms with Gasteiger partial charge in [0.1, 0.15) is 11.6 Å². The Kier molecular flexibility index (Phi) is 8.37. The topological polar surface area (TPSA) is 82.4 Å². The Morgan fingerprint density at radius 3 is 2.53 bits per heavy atom. The SMILES string of the molecule is CCNC(=N)c1ccc(OCCCC(=O)O)cc1.Cl. The molecule has 0 amide bonds. The van der Waals surface area contributed by atoms with E-state index in [0.29, 0.717) is 31.2 Å². The summed E-state index contributed by atoms with van der Waals surface area (Å²) in [5, 5.41) is 19.1. The second-order valence-electron chi connectivity index (χ2n) is 3.78. The summed E-state index contributed by atoms with van der Waals surface area (Å²) in [6.07, 6.45) is 0.605. The van der Waals surface area contributed by atoms with E-state index < -0.39 is 5.97 Å². The van der Waals surface area contributed by atoms with Gasteiger partial charge in [-0.05, 0) is 37.6 Å². The summed E-state index contributed by atoms with van der Waals surface area (Å²) in [5.74, 6) is 0.261. The summed E-state index contributed by atoms with van der Waals surface area (Å²) in [4.78, 5) is 10.3. The van der Waals surface area contributed by atoms with E-state index in [4.69, 9.17) is 15.3 Å². The van der Waals surface area contributed by atoms with Gasteiger partial charge in [0.05, 0.1) is 6.61 Å². The van der Waals surface area contributed by atoms with E-state index >= 15 is 0 Å². The summed E-state index contributed by atoms with van der Waals surface area (Å²) >= 11 is 0. The van der Waals surface area contributed by atoms with Crippen LogP contribution in [-0.4, -0.2) is 30.1 Å². The van der Waals surface area contributed by atoms with Crippen molar-refractivity contribution < 1.29 is 14.6 Å². The summed E-state index contributed by atoms with van der Waals surface area (Å²) in [5.41, 5.74) is 0.801. The fourth-order valence-corrected chi connectivity index (χ4v) is 1.41. The maximum atomic E-state index is 10.3. The van der Waals surface area contributed by atoms with Gasteiger partial charge in [-0.1, -0.05) is 0 Å². The van der Waals surface area contributed by atoms with Gasteiger partial charge in [0.2, 0.25) is 0 Å². The predicted molar refractivity (Wildman–Crippen MR) is 76.6 cm³/mol. The Bertz CT molecular complexity index is 407. The molecule has 0 aromatic heterocycles. The van der Waals surface area contributed by atoms with Crippen molar-refractivity contribution in [3.8, 4) is 5.75 Å². The molecule has 19 heavy (non-hydrogen) atoms. The third kappa shape index (κ3) is 6.67. The molecule has 6 heteroatoms. The van der Waals surface area contributed by atoms with Crippen LogP contribution in [0.1, 0.15) is 25.3 Å². The van der Waals surface area contributed by atoms with Crippen LogP contribution in [0.25, 0.3) is 0 Å². The molecule has 0 fully saturated rings. The van der Waals surface area contributed by atoms with Crippen LogP contribution in [0.4, 0.5) is 0 Å². The van der Waals surface area contributed by atoms with Crippen molar-refractivity contribution in [2.75, 3.05) is 13.2 Å². The number of aliphatic carboxylic acids is 1. The number of amidine groups is 1. The van der Waals surface area contributed by atoms with E-state index in [2.05, 4.69) is 5.32 Å². The van der Waals surface area contributed by atoms with Gasteiger partial charge in [0.15, 0.2) is 0 Å². The smallest absolute Gasteiger partial charge is 0.303 e. The first kappa shape index (κ1) is 17.2. The Morgan fingerprint density at radius 2 is 2.00 bits per heavy atom. The van der Waals surface area contributed by atoms with Crippen LogP contribution in [0, 0.1) is 5.41 Å². The lowest BCUT2D eigenvalue weighted by atomic mass is 10.2. The lowest BCUT2D eigenvalue weighted by Crippen LogP contribution is -2.22. The van der Waals surface area contributed by atoms with Gasteiger partial charge in [-0.2, -0.15) is 0 Å². The molecular weight excluding hydrogens is 268 g/mol. The third-order valence-electron chi connectivity index (χ3n) is 2.30. The summed E-state index contributed by atoms with van der Waals surface area (Å²) < 4.78 is 5.40. The van der Waals surface area contributed by atoms with E-state index in [-0.39, 0.29) is 18.8 Å². The van der Waals surface area contributed by atoms with E-state index in [1.54, 1.807) is 24.3 Å². The highest BCUT2D eigenvalue weighted by molar-refractivity contribution is 5.96. The number of carboxylic acids is 1. The van der Waals surface area contributed by atoms with E-state index in [1.165, 1.54) is 0 Å². The summed E-state index contributed by atoms with van der Waals surface area (Å²) in [7, 11) is 0. The van der Waals surface area contributed by atoms with Crippen molar-refractivity contribution in [1.82, 2.24) is 5.32 Å². The van der Waals surface area contributed by atoms with Gasteiger partial charge in [0, 0.05) is 18.5 Å². The van der Waals surface area contributed by atoms with Gasteiger partial charge in [-0.3, -0.25) is 10.2 Å². The quantitative estimate of drug-likeness (QED) is 0.408. The normalized spacial score (nSPS) is 9.32. The Hall–Kier alpha value is -1.75. The molecule has 106 valence electrons. The van der Waals surface area contributed by atoms with Gasteiger partial charge in [0.25, 0.3) is 0 Å². The van der Waals surface area contributed by atoms with Gasteiger partial charge in [-0.25, -0.2) is 0 Å². The first-order chi connectivity index (χ1) is 8.63. The highest BCUT2D eigenvalue weighted by Crippen LogP contribution is 2.12. The minimum atomic E-state index is -0.812. The van der Waals surface area contributed by atoms with Crippen LogP contribution in [0.5, 0.6) is 5.75 Å². The Labute approximate surface area is 118 Å². The van der Waals surface area contributed by atoms with Crippen LogP contribution in [0.3, 0.4) is 0 Å². The predicted octanol–water partition coefficient (Wildman–Crippen LogP) is 2.29. The molecule has 1 aromatic rings. The molecule has 0 atom stereocenters. The molecule has 0 spiro atoms. The first-order valence-electron chi connectivity index (χ1n) is 5.91. The molecule has 0 aliphatic rings. The van der Waals surface area contributed by atoms with Crippen LogP contribution in [0.15, 0.2) is 24.3 Å². The number of rotatable bonds is 7. The molecular formula is C13H19ClN2O3. The van der Waals surface area contributed by atoms with Crippen LogP contribution in [0.2, 0.25) is 0 Å². The molecule has 0 radical (unpaired) electrons. The highest BCUT2D eigenvalue weighted by Gasteiger charge is 2.01. The number of halogens is 1. The Morgan fingerprint density at radius 1 is 1.37 bits per heavy atom. The van der Waals surface area contributed by atoms with E-state index in [1.807, 2.05) is 6.92 Å². The lowest BCUT2D eigenvalue weighted by molar-refractivity contribution is -0.137.